The molecule has 0 aliphatic carbocycles. The number of hydrogen-bond acceptors (Lipinski definition) is 4. The van der Waals surface area contributed by atoms with Crippen LogP contribution in [-0.2, 0) is 32.6 Å². The first-order chi connectivity index (χ1) is 19.0. The summed E-state index contributed by atoms with van der Waals surface area (Å²) in [4.78, 5) is 29.2. The van der Waals surface area contributed by atoms with Crippen molar-refractivity contribution in [3.8, 4) is 0 Å². The zero-order valence-corrected chi connectivity index (χ0v) is 26.8. The molecule has 0 unspecified atom stereocenters. The summed E-state index contributed by atoms with van der Waals surface area (Å²) in [6, 6.07) is 17.4. The topological polar surface area (TPSA) is 86.8 Å². The standard InChI is InChI=1S/C29H31Cl4N3O4S/c1-29(2,3)34-28(38)26(15-19-8-6-5-7-9-19)35(17-20-10-12-22(31)23(32)14-20)27(37)18-36(41(4,39)40)25-13-11-21(30)16-24(25)33/h5-14,16,26H,15,17-18H2,1-4H3,(H,34,38)/t26-/m1/s1. The molecule has 0 heterocycles. The predicted molar refractivity (Wildman–Crippen MR) is 167 cm³/mol. The Morgan fingerprint density at radius 1 is 0.854 bits per heavy atom. The molecule has 3 rings (SSSR count). The molecule has 0 radical (unpaired) electrons. The summed E-state index contributed by atoms with van der Waals surface area (Å²) < 4.78 is 26.7. The molecule has 0 bridgehead atoms. The van der Waals surface area contributed by atoms with Gasteiger partial charge in [-0.2, -0.15) is 0 Å². The Morgan fingerprint density at radius 2 is 1.51 bits per heavy atom. The molecule has 0 aromatic heterocycles. The van der Waals surface area contributed by atoms with E-state index in [2.05, 4.69) is 5.32 Å². The van der Waals surface area contributed by atoms with Crippen LogP contribution in [0.4, 0.5) is 5.69 Å². The first kappa shape index (κ1) is 33.0. The molecule has 12 heteroatoms. The third kappa shape index (κ3) is 9.51. The van der Waals surface area contributed by atoms with Crippen molar-refractivity contribution in [1.29, 1.82) is 0 Å². The third-order valence-electron chi connectivity index (χ3n) is 5.96. The highest BCUT2D eigenvalue weighted by Gasteiger charge is 2.34. The second-order valence-electron chi connectivity index (χ2n) is 10.6. The van der Waals surface area contributed by atoms with E-state index in [1.54, 1.807) is 18.2 Å². The lowest BCUT2D eigenvalue weighted by Gasteiger charge is -2.35. The number of carbonyl (C=O) groups excluding carboxylic acids is 2. The average Bonchev–Trinajstić information content (AvgIpc) is 2.86. The third-order valence-corrected chi connectivity index (χ3v) is 8.37. The number of benzene rings is 3. The van der Waals surface area contributed by atoms with Gasteiger partial charge in [0.1, 0.15) is 12.6 Å². The summed E-state index contributed by atoms with van der Waals surface area (Å²) in [5, 5.41) is 3.94. The van der Waals surface area contributed by atoms with Gasteiger partial charge in [0.2, 0.25) is 21.8 Å². The molecule has 0 aliphatic heterocycles. The second kappa shape index (κ2) is 13.7. The van der Waals surface area contributed by atoms with Crippen molar-refractivity contribution in [2.24, 2.45) is 0 Å². The second-order valence-corrected chi connectivity index (χ2v) is 14.1. The summed E-state index contributed by atoms with van der Waals surface area (Å²) in [6.07, 6.45) is 1.15. The van der Waals surface area contributed by atoms with Gasteiger partial charge in [-0.3, -0.25) is 13.9 Å². The number of halogens is 4. The van der Waals surface area contributed by atoms with Crippen LogP contribution in [0.2, 0.25) is 20.1 Å². The Kier molecular flexibility index (Phi) is 11.0. The van der Waals surface area contributed by atoms with Gasteiger partial charge in [0.15, 0.2) is 0 Å². The highest BCUT2D eigenvalue weighted by atomic mass is 35.5. The van der Waals surface area contributed by atoms with Crippen LogP contribution in [-0.4, -0.2) is 49.5 Å². The number of amides is 2. The lowest BCUT2D eigenvalue weighted by atomic mass is 10.0. The van der Waals surface area contributed by atoms with E-state index in [-0.39, 0.29) is 28.7 Å². The van der Waals surface area contributed by atoms with Crippen LogP contribution in [0.1, 0.15) is 31.9 Å². The fraction of sp³-hybridized carbons (Fsp3) is 0.310. The molecule has 3 aromatic rings. The zero-order valence-electron chi connectivity index (χ0n) is 23.0. The maximum absolute atomic E-state index is 14.1. The van der Waals surface area contributed by atoms with Gasteiger partial charge >= 0.3 is 0 Å². The highest BCUT2D eigenvalue weighted by Crippen LogP contribution is 2.31. The van der Waals surface area contributed by atoms with Gasteiger partial charge in [-0.15, -0.1) is 0 Å². The Labute approximate surface area is 261 Å². The summed E-state index contributed by atoms with van der Waals surface area (Å²) in [6.45, 7) is 4.85. The number of carbonyl (C=O) groups is 2. The van der Waals surface area contributed by atoms with Crippen LogP contribution in [0.25, 0.3) is 0 Å². The Balaban J connectivity index is 2.11. The normalized spacial score (nSPS) is 12.5. The van der Waals surface area contributed by atoms with Gasteiger partial charge in [-0.1, -0.05) is 82.8 Å². The minimum absolute atomic E-state index is 0.0449. The maximum Gasteiger partial charge on any atom is 0.244 e. The number of anilines is 1. The Bertz CT molecular complexity index is 1510. The SMILES string of the molecule is CC(C)(C)NC(=O)[C@@H](Cc1ccccc1)N(Cc1ccc(Cl)c(Cl)c1)C(=O)CN(c1ccc(Cl)cc1Cl)S(C)(=O)=O. The lowest BCUT2D eigenvalue weighted by molar-refractivity contribution is -0.140. The average molecular weight is 659 g/mol. The Hall–Kier alpha value is -2.49. The molecule has 3 aromatic carbocycles. The lowest BCUT2D eigenvalue weighted by Crippen LogP contribution is -2.56. The van der Waals surface area contributed by atoms with E-state index in [1.807, 2.05) is 51.1 Å². The quantitative estimate of drug-likeness (QED) is 0.265. The monoisotopic (exact) mass is 657 g/mol. The van der Waals surface area contributed by atoms with E-state index in [0.29, 0.717) is 15.6 Å². The minimum atomic E-state index is -3.98. The first-order valence-electron chi connectivity index (χ1n) is 12.6. The van der Waals surface area contributed by atoms with Crippen LogP contribution in [0.3, 0.4) is 0 Å². The predicted octanol–water partition coefficient (Wildman–Crippen LogP) is 6.62. The van der Waals surface area contributed by atoms with E-state index in [0.717, 1.165) is 16.1 Å². The number of rotatable bonds is 10. The number of nitrogens with one attached hydrogen (secondary N) is 1. The van der Waals surface area contributed by atoms with Crippen molar-refractivity contribution in [2.75, 3.05) is 17.1 Å². The summed E-state index contributed by atoms with van der Waals surface area (Å²) in [7, 11) is -3.98. The molecule has 0 saturated heterocycles. The van der Waals surface area contributed by atoms with Gasteiger partial charge in [0.05, 0.1) is 27.0 Å². The Morgan fingerprint density at radius 3 is 2.07 bits per heavy atom. The van der Waals surface area contributed by atoms with Crippen molar-refractivity contribution in [3.05, 3.63) is 97.9 Å². The van der Waals surface area contributed by atoms with Crippen molar-refractivity contribution in [3.63, 3.8) is 0 Å². The smallest absolute Gasteiger partial charge is 0.244 e. The summed E-state index contributed by atoms with van der Waals surface area (Å²) >= 11 is 24.7. The van der Waals surface area contributed by atoms with E-state index in [1.165, 1.54) is 23.1 Å². The largest absolute Gasteiger partial charge is 0.350 e. The molecule has 2 amide bonds. The first-order valence-corrected chi connectivity index (χ1v) is 15.9. The van der Waals surface area contributed by atoms with Crippen molar-refractivity contribution >= 4 is 73.9 Å². The molecule has 1 atom stereocenters. The zero-order chi connectivity index (χ0) is 30.5. The molecule has 41 heavy (non-hydrogen) atoms. The fourth-order valence-electron chi connectivity index (χ4n) is 4.12. The molecule has 0 saturated carbocycles. The number of hydrogen-bond donors (Lipinski definition) is 1. The van der Waals surface area contributed by atoms with E-state index in [9.17, 15) is 18.0 Å². The summed E-state index contributed by atoms with van der Waals surface area (Å²) in [5.74, 6) is -1.03. The summed E-state index contributed by atoms with van der Waals surface area (Å²) in [5.41, 5.74) is 0.902. The highest BCUT2D eigenvalue weighted by molar-refractivity contribution is 7.92. The van der Waals surface area contributed by atoms with Crippen molar-refractivity contribution in [2.45, 2.75) is 45.3 Å². The van der Waals surface area contributed by atoms with E-state index < -0.39 is 40.0 Å². The van der Waals surface area contributed by atoms with Gasteiger partial charge in [-0.05, 0) is 62.2 Å². The van der Waals surface area contributed by atoms with Crippen LogP contribution in [0.15, 0.2) is 66.7 Å². The van der Waals surface area contributed by atoms with Gasteiger partial charge < -0.3 is 10.2 Å². The van der Waals surface area contributed by atoms with E-state index in [4.69, 9.17) is 46.4 Å². The molecule has 0 fully saturated rings. The van der Waals surface area contributed by atoms with Crippen LogP contribution in [0.5, 0.6) is 0 Å². The van der Waals surface area contributed by atoms with Crippen LogP contribution < -0.4 is 9.62 Å². The molecule has 7 nitrogen and oxygen atoms in total. The number of nitrogens with zero attached hydrogens (tertiary/aromatic N) is 2. The molecular weight excluding hydrogens is 628 g/mol. The number of sulfonamides is 1. The molecule has 0 aliphatic rings. The molecular formula is C29H31Cl4N3O4S. The van der Waals surface area contributed by atoms with Gasteiger partial charge in [-0.25, -0.2) is 8.42 Å². The molecule has 0 spiro atoms. The minimum Gasteiger partial charge on any atom is -0.350 e. The van der Waals surface area contributed by atoms with Crippen LogP contribution in [0, 0.1) is 0 Å². The maximum atomic E-state index is 14.1. The van der Waals surface area contributed by atoms with E-state index >= 15 is 0 Å². The molecule has 220 valence electrons. The fourth-order valence-corrected chi connectivity index (χ4v) is 5.86. The van der Waals surface area contributed by atoms with Gasteiger partial charge in [0.25, 0.3) is 0 Å². The van der Waals surface area contributed by atoms with Crippen molar-refractivity contribution in [1.82, 2.24) is 10.2 Å². The van der Waals surface area contributed by atoms with Crippen molar-refractivity contribution < 1.29 is 18.0 Å². The van der Waals surface area contributed by atoms with Crippen LogP contribution >= 0.6 is 46.4 Å². The molecule has 1 N–H and O–H groups in total. The van der Waals surface area contributed by atoms with Gasteiger partial charge in [0, 0.05) is 23.5 Å².